The zero-order chi connectivity index (χ0) is 29.3. The summed E-state index contributed by atoms with van der Waals surface area (Å²) in [5.41, 5.74) is 1.54. The highest BCUT2D eigenvalue weighted by atomic mass is 19.4. The van der Waals surface area contributed by atoms with Gasteiger partial charge in [-0.25, -0.2) is 0 Å². The van der Waals surface area contributed by atoms with E-state index in [1.165, 1.54) is 32.4 Å². The molecule has 1 unspecified atom stereocenters. The molecule has 1 N–H and O–H groups in total. The molecule has 1 aliphatic heterocycles. The van der Waals surface area contributed by atoms with Crippen molar-refractivity contribution in [1.29, 1.82) is 0 Å². The second-order valence-corrected chi connectivity index (χ2v) is 10.1. The first kappa shape index (κ1) is 28.1. The molecule has 3 atom stereocenters. The number of halogens is 3. The van der Waals surface area contributed by atoms with Gasteiger partial charge >= 0.3 is 6.18 Å². The standard InChI is InChI=1S/C32H29F3N2O4/c1-18-27(31(39)37-23-14-8-7-13-22(23)32(33,34)35)28(21-12-9-15-26(40-2)30(21)41-3)29-24(36-18)16-20(17-25(29)38)19-10-5-4-6-11-19/h4-15,20,27-28H,16-17H2,1-3H3,(H,37,39)/t20-,27?,28+/m1/s1. The molecule has 3 aromatic rings. The normalized spacial score (nSPS) is 20.7. The van der Waals surface area contributed by atoms with Gasteiger partial charge in [0.05, 0.1) is 31.4 Å². The molecule has 212 valence electrons. The number of amides is 1. The molecule has 0 spiro atoms. The van der Waals surface area contributed by atoms with E-state index in [4.69, 9.17) is 14.5 Å². The molecule has 1 heterocycles. The van der Waals surface area contributed by atoms with Crippen LogP contribution < -0.4 is 14.8 Å². The van der Waals surface area contributed by atoms with Crippen molar-refractivity contribution in [3.05, 3.63) is 101 Å². The van der Waals surface area contributed by atoms with Gasteiger partial charge in [-0.2, -0.15) is 13.2 Å². The number of nitrogens with one attached hydrogen (secondary N) is 1. The molecule has 5 rings (SSSR count). The molecule has 41 heavy (non-hydrogen) atoms. The third kappa shape index (κ3) is 5.36. The van der Waals surface area contributed by atoms with Crippen LogP contribution in [0.25, 0.3) is 0 Å². The molecule has 0 saturated carbocycles. The third-order valence-corrected chi connectivity index (χ3v) is 7.70. The van der Waals surface area contributed by atoms with Crippen LogP contribution in [-0.2, 0) is 15.8 Å². The summed E-state index contributed by atoms with van der Waals surface area (Å²) < 4.78 is 52.4. The highest BCUT2D eigenvalue weighted by Crippen LogP contribution is 2.50. The second-order valence-electron chi connectivity index (χ2n) is 10.1. The number of benzene rings is 3. The van der Waals surface area contributed by atoms with E-state index in [0.717, 1.165) is 11.6 Å². The number of alkyl halides is 3. The monoisotopic (exact) mass is 562 g/mol. The largest absolute Gasteiger partial charge is 0.493 e. The minimum absolute atomic E-state index is 0.0871. The van der Waals surface area contributed by atoms with Gasteiger partial charge in [-0.05, 0) is 43.0 Å². The van der Waals surface area contributed by atoms with E-state index < -0.39 is 29.5 Å². The van der Waals surface area contributed by atoms with Crippen LogP contribution in [0.2, 0.25) is 0 Å². The number of carbonyl (C=O) groups is 2. The predicted octanol–water partition coefficient (Wildman–Crippen LogP) is 6.94. The van der Waals surface area contributed by atoms with Crippen LogP contribution in [0, 0.1) is 5.92 Å². The fourth-order valence-corrected chi connectivity index (χ4v) is 5.90. The number of para-hydroxylation sites is 2. The number of hydrogen-bond acceptors (Lipinski definition) is 5. The Bertz CT molecular complexity index is 1550. The van der Waals surface area contributed by atoms with E-state index in [-0.39, 0.29) is 23.8 Å². The number of carbonyl (C=O) groups excluding carboxylic acids is 2. The maximum Gasteiger partial charge on any atom is 0.418 e. The Morgan fingerprint density at radius 1 is 0.927 bits per heavy atom. The van der Waals surface area contributed by atoms with Crippen molar-refractivity contribution in [1.82, 2.24) is 0 Å². The van der Waals surface area contributed by atoms with E-state index in [0.29, 0.717) is 40.5 Å². The van der Waals surface area contributed by atoms with E-state index in [2.05, 4.69) is 5.32 Å². The summed E-state index contributed by atoms with van der Waals surface area (Å²) in [5, 5.41) is 2.48. The van der Waals surface area contributed by atoms with Gasteiger partial charge < -0.3 is 14.8 Å². The Morgan fingerprint density at radius 3 is 2.32 bits per heavy atom. The lowest BCUT2D eigenvalue weighted by molar-refractivity contribution is -0.137. The number of aliphatic imine (C=N–C) groups is 1. The summed E-state index contributed by atoms with van der Waals surface area (Å²) in [4.78, 5) is 32.5. The number of nitrogens with zero attached hydrogens (tertiary/aromatic N) is 1. The second kappa shape index (κ2) is 11.2. The van der Waals surface area contributed by atoms with E-state index in [1.807, 2.05) is 30.3 Å². The van der Waals surface area contributed by atoms with Gasteiger partial charge in [0.1, 0.15) is 0 Å². The van der Waals surface area contributed by atoms with Gasteiger partial charge in [0.2, 0.25) is 5.91 Å². The van der Waals surface area contributed by atoms with Gasteiger partial charge in [0.15, 0.2) is 17.3 Å². The highest BCUT2D eigenvalue weighted by molar-refractivity contribution is 6.13. The summed E-state index contributed by atoms with van der Waals surface area (Å²) in [6, 6.07) is 19.7. The van der Waals surface area contributed by atoms with Crippen molar-refractivity contribution in [3.8, 4) is 11.5 Å². The van der Waals surface area contributed by atoms with E-state index >= 15 is 0 Å². The Labute approximate surface area is 235 Å². The summed E-state index contributed by atoms with van der Waals surface area (Å²) >= 11 is 0. The number of hydrogen-bond donors (Lipinski definition) is 1. The Hall–Kier alpha value is -4.40. The van der Waals surface area contributed by atoms with Crippen molar-refractivity contribution >= 4 is 23.1 Å². The molecule has 0 fully saturated rings. The number of rotatable bonds is 6. The fourth-order valence-electron chi connectivity index (χ4n) is 5.90. The Kier molecular flexibility index (Phi) is 7.71. The van der Waals surface area contributed by atoms with Crippen molar-refractivity contribution < 1.29 is 32.2 Å². The van der Waals surface area contributed by atoms with Crippen molar-refractivity contribution in [2.75, 3.05) is 19.5 Å². The number of anilines is 1. The summed E-state index contributed by atoms with van der Waals surface area (Å²) in [5.74, 6) is -2.15. The van der Waals surface area contributed by atoms with Crippen LogP contribution >= 0.6 is 0 Å². The fraction of sp³-hybridized carbons (Fsp3) is 0.281. The van der Waals surface area contributed by atoms with E-state index in [9.17, 15) is 22.8 Å². The number of allylic oxidation sites excluding steroid dienone is 2. The molecular formula is C32H29F3N2O4. The van der Waals surface area contributed by atoms with Gasteiger partial charge in [0, 0.05) is 34.9 Å². The maximum absolute atomic E-state index is 13.9. The van der Waals surface area contributed by atoms with E-state index in [1.54, 1.807) is 25.1 Å². The molecule has 2 aliphatic rings. The molecule has 3 aromatic carbocycles. The van der Waals surface area contributed by atoms with Gasteiger partial charge in [-0.15, -0.1) is 0 Å². The molecule has 6 nitrogen and oxygen atoms in total. The van der Waals surface area contributed by atoms with Crippen molar-refractivity contribution in [2.24, 2.45) is 10.9 Å². The molecule has 0 bridgehead atoms. The summed E-state index contributed by atoms with van der Waals surface area (Å²) in [6.45, 7) is 1.67. The zero-order valence-electron chi connectivity index (χ0n) is 22.8. The molecule has 0 radical (unpaired) electrons. The molecule has 1 aliphatic carbocycles. The smallest absolute Gasteiger partial charge is 0.418 e. The topological polar surface area (TPSA) is 77.0 Å². The first-order valence-corrected chi connectivity index (χ1v) is 13.2. The summed E-state index contributed by atoms with van der Waals surface area (Å²) in [6.07, 6.45) is -3.97. The average Bonchev–Trinajstić information content (AvgIpc) is 2.95. The number of ether oxygens (including phenoxy) is 2. The van der Waals surface area contributed by atoms with Crippen molar-refractivity contribution in [3.63, 3.8) is 0 Å². The lowest BCUT2D eigenvalue weighted by Crippen LogP contribution is -2.40. The van der Waals surface area contributed by atoms with Gasteiger partial charge in [-0.1, -0.05) is 54.6 Å². The lowest BCUT2D eigenvalue weighted by Gasteiger charge is -2.37. The zero-order valence-corrected chi connectivity index (χ0v) is 22.8. The molecule has 9 heteroatoms. The quantitative estimate of drug-likeness (QED) is 0.353. The SMILES string of the molecule is COc1cccc([C@@H]2C3=C(C[C@@H](c4ccccc4)CC3=O)N=C(C)C2C(=O)Nc2ccccc2C(F)(F)F)c1OC. The number of Topliss-reactive ketones (excluding diaryl/α,β-unsaturated/α-hetero) is 1. The lowest BCUT2D eigenvalue weighted by atomic mass is 9.68. The molecule has 1 amide bonds. The number of ketones is 1. The molecule has 0 saturated heterocycles. The summed E-state index contributed by atoms with van der Waals surface area (Å²) in [7, 11) is 2.94. The Morgan fingerprint density at radius 2 is 1.63 bits per heavy atom. The average molecular weight is 563 g/mol. The van der Waals surface area contributed by atoms with Crippen LogP contribution in [0.1, 0.15) is 48.3 Å². The third-order valence-electron chi connectivity index (χ3n) is 7.70. The maximum atomic E-state index is 13.9. The first-order chi connectivity index (χ1) is 19.6. The first-order valence-electron chi connectivity index (χ1n) is 13.2. The van der Waals surface area contributed by atoms with Crippen LogP contribution in [0.5, 0.6) is 11.5 Å². The van der Waals surface area contributed by atoms with Crippen LogP contribution in [0.4, 0.5) is 18.9 Å². The molecule has 0 aromatic heterocycles. The van der Waals surface area contributed by atoms with Crippen LogP contribution in [0.3, 0.4) is 0 Å². The minimum Gasteiger partial charge on any atom is -0.493 e. The van der Waals surface area contributed by atoms with Gasteiger partial charge in [0.25, 0.3) is 0 Å². The number of methoxy groups -OCH3 is 2. The van der Waals surface area contributed by atoms with Crippen molar-refractivity contribution in [2.45, 2.75) is 37.8 Å². The molecular weight excluding hydrogens is 533 g/mol. The minimum atomic E-state index is -4.67. The van der Waals surface area contributed by atoms with Gasteiger partial charge in [-0.3, -0.25) is 14.6 Å². The van der Waals surface area contributed by atoms with Crippen LogP contribution in [-0.4, -0.2) is 31.6 Å². The van der Waals surface area contributed by atoms with Crippen LogP contribution in [0.15, 0.2) is 89.1 Å². The Balaban J connectivity index is 1.63. The predicted molar refractivity (Wildman–Crippen MR) is 149 cm³/mol. The highest BCUT2D eigenvalue weighted by Gasteiger charge is 2.46.